The Hall–Kier alpha value is -0.630. The third-order valence-electron chi connectivity index (χ3n) is 4.20. The van der Waals surface area contributed by atoms with E-state index in [-0.39, 0.29) is 0 Å². The summed E-state index contributed by atoms with van der Waals surface area (Å²) in [5.41, 5.74) is 1.88. The van der Waals surface area contributed by atoms with Gasteiger partial charge in [0.1, 0.15) is 0 Å². The summed E-state index contributed by atoms with van der Waals surface area (Å²) < 4.78 is 0. The molecule has 0 aliphatic heterocycles. The van der Waals surface area contributed by atoms with E-state index in [0.717, 1.165) is 30.8 Å². The maximum absolute atomic E-state index is 4.12. The molecule has 1 N–H and O–H groups in total. The number of rotatable bonds is 14. The molecular weight excluding hydrogens is 286 g/mol. The zero-order chi connectivity index (χ0) is 17.1. The Bertz CT molecular complexity index is 342. The molecule has 0 amide bonds. The predicted octanol–water partition coefficient (Wildman–Crippen LogP) is 6.55. The average molecular weight is 324 g/mol. The molecule has 0 aromatic rings. The van der Waals surface area contributed by atoms with Gasteiger partial charge < -0.3 is 5.32 Å². The summed E-state index contributed by atoms with van der Waals surface area (Å²) in [7, 11) is 0. The van der Waals surface area contributed by atoms with E-state index in [9.17, 15) is 0 Å². The van der Waals surface area contributed by atoms with Gasteiger partial charge in [-0.25, -0.2) is 0 Å². The molecule has 0 rings (SSSR count). The maximum Gasteiger partial charge on any atom is 0.0195 e. The topological polar surface area (TPSA) is 12.0 Å². The van der Waals surface area contributed by atoms with Crippen LogP contribution in [0.15, 0.2) is 36.9 Å². The van der Waals surface area contributed by atoms with E-state index in [4.69, 9.17) is 0 Å². The fourth-order valence-electron chi connectivity index (χ4n) is 2.33. The van der Waals surface area contributed by atoms with Crippen LogP contribution in [0.25, 0.3) is 0 Å². The Balaban J connectivity index is 4.04. The largest absolute Gasteiger partial charge is 0.388 e. The van der Waals surface area contributed by atoms with Gasteiger partial charge in [0.2, 0.25) is 0 Å². The molecule has 0 aromatic carbocycles. The number of nitrogens with one attached hydrogen (secondary N) is 1. The highest BCUT2D eigenvalue weighted by Crippen LogP contribution is 2.34. The Labute approximate surface area is 143 Å². The van der Waals surface area contributed by atoms with E-state index in [1.807, 2.05) is 11.5 Å². The van der Waals surface area contributed by atoms with Gasteiger partial charge in [0, 0.05) is 18.0 Å². The molecule has 128 valence electrons. The lowest BCUT2D eigenvalue weighted by Gasteiger charge is -2.32. The maximum atomic E-state index is 4.12. The summed E-state index contributed by atoms with van der Waals surface area (Å²) in [5, 5.41) is 5.41. The highest BCUT2D eigenvalue weighted by Gasteiger charge is 2.24. The van der Waals surface area contributed by atoms with Gasteiger partial charge in [-0.2, -0.15) is 0 Å². The van der Waals surface area contributed by atoms with Crippen LogP contribution in [0.3, 0.4) is 0 Å². The van der Waals surface area contributed by atoms with Crippen molar-refractivity contribution in [3.05, 3.63) is 36.9 Å². The molecule has 0 radical (unpaired) electrons. The smallest absolute Gasteiger partial charge is 0.0195 e. The molecule has 22 heavy (non-hydrogen) atoms. The van der Waals surface area contributed by atoms with Crippen molar-refractivity contribution in [3.8, 4) is 0 Å². The standard InChI is InChI=1S/C20H37NS/c1-8-10-11-13-19(4,5)14-15-20(6,7)17-21-18(3)12-16-22-9-2/h8-9,21H,1-3,10-17H2,4-7H3. The highest BCUT2D eigenvalue weighted by molar-refractivity contribution is 8.02. The van der Waals surface area contributed by atoms with Crippen LogP contribution in [-0.4, -0.2) is 12.3 Å². The molecule has 0 saturated carbocycles. The van der Waals surface area contributed by atoms with E-state index >= 15 is 0 Å². The van der Waals surface area contributed by atoms with Gasteiger partial charge in [-0.15, -0.1) is 18.3 Å². The summed E-state index contributed by atoms with van der Waals surface area (Å²) in [6, 6.07) is 0. The molecule has 0 atom stereocenters. The molecule has 0 aliphatic rings. The first-order valence-corrected chi connectivity index (χ1v) is 9.52. The van der Waals surface area contributed by atoms with Crippen LogP contribution in [0, 0.1) is 10.8 Å². The summed E-state index contributed by atoms with van der Waals surface area (Å²) in [6.07, 6.45) is 9.24. The minimum absolute atomic E-state index is 0.310. The molecular formula is C20H37NS. The molecule has 0 bridgehead atoms. The quantitative estimate of drug-likeness (QED) is 0.287. The minimum atomic E-state index is 0.310. The van der Waals surface area contributed by atoms with Crippen molar-refractivity contribution >= 4 is 11.8 Å². The van der Waals surface area contributed by atoms with E-state index in [2.05, 4.69) is 52.7 Å². The molecule has 1 nitrogen and oxygen atoms in total. The van der Waals surface area contributed by atoms with Crippen molar-refractivity contribution in [2.45, 2.75) is 66.2 Å². The van der Waals surface area contributed by atoms with Crippen molar-refractivity contribution in [1.29, 1.82) is 0 Å². The Morgan fingerprint density at radius 3 is 2.27 bits per heavy atom. The lowest BCUT2D eigenvalue weighted by molar-refractivity contribution is 0.222. The second-order valence-corrected chi connectivity index (χ2v) is 8.83. The zero-order valence-electron chi connectivity index (χ0n) is 15.3. The highest BCUT2D eigenvalue weighted by atomic mass is 32.2. The van der Waals surface area contributed by atoms with Gasteiger partial charge >= 0.3 is 0 Å². The van der Waals surface area contributed by atoms with Crippen molar-refractivity contribution < 1.29 is 0 Å². The minimum Gasteiger partial charge on any atom is -0.388 e. The average Bonchev–Trinajstić information content (AvgIpc) is 2.44. The number of hydrogen-bond donors (Lipinski definition) is 1. The molecule has 0 saturated heterocycles. The van der Waals surface area contributed by atoms with Crippen LogP contribution in [0.2, 0.25) is 0 Å². The molecule has 0 unspecified atom stereocenters. The van der Waals surface area contributed by atoms with Gasteiger partial charge in [0.25, 0.3) is 0 Å². The Morgan fingerprint density at radius 1 is 1.05 bits per heavy atom. The van der Waals surface area contributed by atoms with Gasteiger partial charge in [0.15, 0.2) is 0 Å². The van der Waals surface area contributed by atoms with Crippen molar-refractivity contribution in [1.82, 2.24) is 5.32 Å². The van der Waals surface area contributed by atoms with Crippen molar-refractivity contribution in [2.24, 2.45) is 10.8 Å². The van der Waals surface area contributed by atoms with Crippen molar-refractivity contribution in [2.75, 3.05) is 12.3 Å². The zero-order valence-corrected chi connectivity index (χ0v) is 16.2. The summed E-state index contributed by atoms with van der Waals surface area (Å²) in [5.74, 6) is 1.06. The monoisotopic (exact) mass is 323 g/mol. The van der Waals surface area contributed by atoms with Gasteiger partial charge in [0.05, 0.1) is 0 Å². The van der Waals surface area contributed by atoms with E-state index < -0.39 is 0 Å². The Kier molecular flexibility index (Phi) is 10.7. The van der Waals surface area contributed by atoms with Gasteiger partial charge in [-0.3, -0.25) is 0 Å². The third-order valence-corrected chi connectivity index (χ3v) is 4.87. The van der Waals surface area contributed by atoms with Gasteiger partial charge in [-0.05, 0) is 54.8 Å². The fourth-order valence-corrected chi connectivity index (χ4v) is 2.86. The molecule has 0 aliphatic carbocycles. The summed E-state index contributed by atoms with van der Waals surface area (Å²) in [4.78, 5) is 0. The molecule has 0 fully saturated rings. The molecule has 2 heteroatoms. The lowest BCUT2D eigenvalue weighted by atomic mass is 9.76. The normalized spacial score (nSPS) is 12.0. The third kappa shape index (κ3) is 12.0. The SMILES string of the molecule is C=CCCCC(C)(C)CCC(C)(C)CNC(=C)CCSC=C. The number of unbranched alkanes of at least 4 members (excludes halogenated alkanes) is 1. The second kappa shape index (κ2) is 11.0. The van der Waals surface area contributed by atoms with E-state index in [0.29, 0.717) is 10.8 Å². The first kappa shape index (κ1) is 21.4. The van der Waals surface area contributed by atoms with E-state index in [1.165, 1.54) is 25.7 Å². The van der Waals surface area contributed by atoms with Crippen LogP contribution < -0.4 is 5.32 Å². The first-order valence-electron chi connectivity index (χ1n) is 8.47. The van der Waals surface area contributed by atoms with Crippen LogP contribution >= 0.6 is 11.8 Å². The van der Waals surface area contributed by atoms with Crippen LogP contribution in [0.1, 0.15) is 66.2 Å². The van der Waals surface area contributed by atoms with Crippen LogP contribution in [-0.2, 0) is 0 Å². The second-order valence-electron chi connectivity index (χ2n) is 7.75. The number of hydrogen-bond acceptors (Lipinski definition) is 2. The summed E-state index contributed by atoms with van der Waals surface area (Å²) in [6.45, 7) is 22.2. The Morgan fingerprint density at radius 2 is 1.68 bits per heavy atom. The predicted molar refractivity (Wildman–Crippen MR) is 105 cm³/mol. The first-order chi connectivity index (χ1) is 10.2. The van der Waals surface area contributed by atoms with E-state index in [1.54, 1.807) is 11.8 Å². The lowest BCUT2D eigenvalue weighted by Crippen LogP contribution is -2.30. The van der Waals surface area contributed by atoms with Crippen LogP contribution in [0.5, 0.6) is 0 Å². The molecule has 0 heterocycles. The van der Waals surface area contributed by atoms with Gasteiger partial charge in [-0.1, -0.05) is 46.9 Å². The summed E-state index contributed by atoms with van der Waals surface area (Å²) >= 11 is 1.75. The fraction of sp³-hybridized carbons (Fsp3) is 0.700. The van der Waals surface area contributed by atoms with Crippen molar-refractivity contribution in [3.63, 3.8) is 0 Å². The number of thioether (sulfide) groups is 1. The molecule has 0 aromatic heterocycles. The number of allylic oxidation sites excluding steroid dienone is 2. The molecule has 0 spiro atoms. The van der Waals surface area contributed by atoms with Crippen LogP contribution in [0.4, 0.5) is 0 Å².